The Morgan fingerprint density at radius 2 is 1.07 bits per heavy atom. The lowest BCUT2D eigenvalue weighted by Gasteiger charge is -2.42. The van der Waals surface area contributed by atoms with Crippen LogP contribution in [0.4, 0.5) is 0 Å². The van der Waals surface area contributed by atoms with Crippen molar-refractivity contribution in [2.45, 2.75) is 51.9 Å². The van der Waals surface area contributed by atoms with Crippen LogP contribution in [0.25, 0.3) is 32.7 Å². The highest BCUT2D eigenvalue weighted by Gasteiger charge is 2.48. The number of benzene rings is 4. The first-order valence-electron chi connectivity index (χ1n) is 10.7. The zero-order valence-corrected chi connectivity index (χ0v) is 19.8. The van der Waals surface area contributed by atoms with Crippen LogP contribution < -0.4 is 5.30 Å². The second-order valence-corrected chi connectivity index (χ2v) is 14.5. The molecule has 0 radical (unpaired) electrons. The number of fused-ring (bicyclic) bond motifs is 2. The standard InChI is InChI=1S/C28H31OP/c1-27(2,3)30(29,28(4,5)6)25-19-18-21-13-8-10-16-23(21)26(25)24-17-11-14-20-12-7-9-15-22(20)24/h7-19H,1-6H3. The fraction of sp³-hybridized carbons (Fsp3) is 0.286. The van der Waals surface area contributed by atoms with Crippen molar-refractivity contribution < 1.29 is 4.57 Å². The van der Waals surface area contributed by atoms with E-state index in [1.165, 1.54) is 21.5 Å². The third-order valence-corrected chi connectivity index (χ3v) is 11.0. The Bertz CT molecular complexity index is 1260. The van der Waals surface area contributed by atoms with Crippen LogP contribution in [-0.2, 0) is 4.57 Å². The molecule has 0 amide bonds. The van der Waals surface area contributed by atoms with Crippen molar-refractivity contribution in [2.24, 2.45) is 0 Å². The third kappa shape index (κ3) is 3.12. The zero-order valence-electron chi connectivity index (χ0n) is 18.9. The SMILES string of the molecule is CC(C)(C)P(=O)(c1ccc2ccccc2c1-c1cccc2ccccc12)C(C)(C)C. The highest BCUT2D eigenvalue weighted by Crippen LogP contribution is 2.67. The average Bonchev–Trinajstić information content (AvgIpc) is 2.70. The first-order valence-corrected chi connectivity index (χ1v) is 12.4. The van der Waals surface area contributed by atoms with Crippen molar-refractivity contribution >= 4 is 34.0 Å². The molecule has 0 spiro atoms. The summed E-state index contributed by atoms with van der Waals surface area (Å²) in [5, 5.41) is 5.04. The van der Waals surface area contributed by atoms with E-state index < -0.39 is 7.14 Å². The van der Waals surface area contributed by atoms with E-state index in [4.69, 9.17) is 0 Å². The van der Waals surface area contributed by atoms with Gasteiger partial charge >= 0.3 is 0 Å². The minimum atomic E-state index is -2.82. The van der Waals surface area contributed by atoms with E-state index in [9.17, 15) is 0 Å². The van der Waals surface area contributed by atoms with Crippen LogP contribution in [0.15, 0.2) is 78.9 Å². The molecule has 0 aliphatic rings. The van der Waals surface area contributed by atoms with Crippen molar-refractivity contribution in [3.63, 3.8) is 0 Å². The molecule has 0 aliphatic heterocycles. The van der Waals surface area contributed by atoms with Crippen molar-refractivity contribution in [3.8, 4) is 11.1 Å². The Kier molecular flexibility index (Phi) is 4.94. The summed E-state index contributed by atoms with van der Waals surface area (Å²) in [5.74, 6) is 0. The van der Waals surface area contributed by atoms with Gasteiger partial charge in [-0.1, -0.05) is 120 Å². The molecule has 4 aromatic carbocycles. The number of hydrogen-bond donors (Lipinski definition) is 0. The molecule has 4 rings (SSSR count). The molecule has 0 aliphatic carbocycles. The molecule has 0 unspecified atom stereocenters. The van der Waals surface area contributed by atoms with Crippen molar-refractivity contribution in [3.05, 3.63) is 78.9 Å². The molecule has 154 valence electrons. The average molecular weight is 415 g/mol. The molecular formula is C28H31OP. The molecule has 0 atom stereocenters. The van der Waals surface area contributed by atoms with E-state index in [1.54, 1.807) is 0 Å². The fourth-order valence-corrected chi connectivity index (χ4v) is 9.28. The van der Waals surface area contributed by atoms with E-state index >= 15 is 4.57 Å². The first kappa shape index (κ1) is 20.9. The molecule has 30 heavy (non-hydrogen) atoms. The molecule has 0 fully saturated rings. The van der Waals surface area contributed by atoms with Crippen LogP contribution in [-0.4, -0.2) is 10.3 Å². The summed E-state index contributed by atoms with van der Waals surface area (Å²) in [6.07, 6.45) is 0. The first-order chi connectivity index (χ1) is 14.1. The van der Waals surface area contributed by atoms with Crippen molar-refractivity contribution in [1.29, 1.82) is 0 Å². The van der Waals surface area contributed by atoms with Gasteiger partial charge in [0.15, 0.2) is 0 Å². The van der Waals surface area contributed by atoms with Crippen LogP contribution >= 0.6 is 7.14 Å². The smallest absolute Gasteiger partial charge is 0.126 e. The molecule has 0 saturated carbocycles. The maximum Gasteiger partial charge on any atom is 0.126 e. The molecule has 1 nitrogen and oxygen atoms in total. The van der Waals surface area contributed by atoms with E-state index in [0.717, 1.165) is 16.4 Å². The summed E-state index contributed by atoms with van der Waals surface area (Å²) in [4.78, 5) is 0. The van der Waals surface area contributed by atoms with Crippen molar-refractivity contribution in [2.75, 3.05) is 0 Å². The summed E-state index contributed by atoms with van der Waals surface area (Å²) in [6.45, 7) is 12.8. The molecule has 0 heterocycles. The Morgan fingerprint density at radius 3 is 1.67 bits per heavy atom. The minimum Gasteiger partial charge on any atom is -0.318 e. The molecule has 4 aromatic rings. The van der Waals surface area contributed by atoms with Crippen molar-refractivity contribution in [1.82, 2.24) is 0 Å². The molecule has 0 aromatic heterocycles. The van der Waals surface area contributed by atoms with Gasteiger partial charge in [0.25, 0.3) is 0 Å². The van der Waals surface area contributed by atoms with E-state index in [1.807, 2.05) is 0 Å². The summed E-state index contributed by atoms with van der Waals surface area (Å²) in [7, 11) is -2.82. The topological polar surface area (TPSA) is 17.1 Å². The van der Waals surface area contributed by atoms with E-state index in [0.29, 0.717) is 0 Å². The summed E-state index contributed by atoms with van der Waals surface area (Å²) in [6, 6.07) is 27.7. The van der Waals surface area contributed by atoms with Gasteiger partial charge in [0.1, 0.15) is 7.14 Å². The maximum atomic E-state index is 15.0. The fourth-order valence-electron chi connectivity index (χ4n) is 4.98. The monoisotopic (exact) mass is 414 g/mol. The Hall–Kier alpha value is -2.37. The Morgan fingerprint density at radius 1 is 0.567 bits per heavy atom. The maximum absolute atomic E-state index is 15.0. The normalized spacial score (nSPS) is 13.1. The van der Waals surface area contributed by atoms with Gasteiger partial charge in [0.2, 0.25) is 0 Å². The molecular weight excluding hydrogens is 383 g/mol. The van der Waals surface area contributed by atoms with E-state index in [2.05, 4.69) is 120 Å². The predicted molar refractivity (Wildman–Crippen MR) is 134 cm³/mol. The quantitative estimate of drug-likeness (QED) is 0.302. The lowest BCUT2D eigenvalue weighted by molar-refractivity contribution is 0.528. The number of rotatable bonds is 2. The van der Waals surface area contributed by atoms with Crippen LogP contribution in [0.1, 0.15) is 41.5 Å². The molecule has 0 N–H and O–H groups in total. The lowest BCUT2D eigenvalue weighted by Crippen LogP contribution is -2.35. The van der Waals surface area contributed by atoms with Crippen LogP contribution in [0, 0.1) is 0 Å². The van der Waals surface area contributed by atoms with Gasteiger partial charge in [0.05, 0.1) is 0 Å². The third-order valence-electron chi connectivity index (χ3n) is 6.19. The summed E-state index contributed by atoms with van der Waals surface area (Å²) >= 11 is 0. The van der Waals surface area contributed by atoms with Gasteiger partial charge in [-0.3, -0.25) is 0 Å². The van der Waals surface area contributed by atoms with Crippen LogP contribution in [0.5, 0.6) is 0 Å². The van der Waals surface area contributed by atoms with Gasteiger partial charge in [-0.25, -0.2) is 0 Å². The van der Waals surface area contributed by atoms with Gasteiger partial charge in [-0.2, -0.15) is 0 Å². The highest BCUT2D eigenvalue weighted by molar-refractivity contribution is 7.74. The Labute approximate surface area is 180 Å². The predicted octanol–water partition coefficient (Wildman–Crippen LogP) is 8.25. The lowest BCUT2D eigenvalue weighted by atomic mass is 9.94. The highest BCUT2D eigenvalue weighted by atomic mass is 31.2. The minimum absolute atomic E-state index is 0.354. The second kappa shape index (κ2) is 7.10. The Balaban J connectivity index is 2.23. The van der Waals surface area contributed by atoms with Gasteiger partial charge in [-0.05, 0) is 27.1 Å². The largest absolute Gasteiger partial charge is 0.318 e. The summed E-state index contributed by atoms with van der Waals surface area (Å²) < 4.78 is 15.0. The number of hydrogen-bond acceptors (Lipinski definition) is 1. The van der Waals surface area contributed by atoms with Crippen LogP contribution in [0.3, 0.4) is 0 Å². The summed E-state index contributed by atoms with van der Waals surface area (Å²) in [5.41, 5.74) is 2.28. The van der Waals surface area contributed by atoms with Gasteiger partial charge in [0, 0.05) is 21.2 Å². The zero-order chi connectivity index (χ0) is 21.7. The molecule has 2 heteroatoms. The molecule has 0 bridgehead atoms. The van der Waals surface area contributed by atoms with Gasteiger partial charge in [-0.15, -0.1) is 0 Å². The van der Waals surface area contributed by atoms with Crippen LogP contribution in [0.2, 0.25) is 0 Å². The van der Waals surface area contributed by atoms with E-state index in [-0.39, 0.29) is 10.3 Å². The second-order valence-electron chi connectivity index (χ2n) is 10.2. The van der Waals surface area contributed by atoms with Gasteiger partial charge < -0.3 is 4.57 Å². The molecule has 0 saturated heterocycles.